The second-order valence-electron chi connectivity index (χ2n) is 8.53. The number of carbonyl (C=O) groups excluding carboxylic acids is 1. The van der Waals surface area contributed by atoms with Crippen molar-refractivity contribution in [3.05, 3.63) is 70.5 Å². The number of halogens is 1. The number of nitrogens with zero attached hydrogens (tertiary/aromatic N) is 4. The number of aromatic nitrogens is 2. The molecular formula is C26H25BrN4O4. The van der Waals surface area contributed by atoms with Crippen LogP contribution in [0.5, 0.6) is 5.75 Å². The SMILES string of the molecule is COc1ccc(-c2nn(-c3ccccc3)cc2C=C2OC(N3CC(C)OC(C)C3)=NC2=O)cc1Br. The second-order valence-corrected chi connectivity index (χ2v) is 9.39. The lowest BCUT2D eigenvalue weighted by atomic mass is 10.1. The van der Waals surface area contributed by atoms with Gasteiger partial charge < -0.3 is 19.1 Å². The smallest absolute Gasteiger partial charge is 0.317 e. The van der Waals surface area contributed by atoms with Gasteiger partial charge >= 0.3 is 11.9 Å². The number of amidine groups is 1. The highest BCUT2D eigenvalue weighted by Gasteiger charge is 2.32. The highest BCUT2D eigenvalue weighted by molar-refractivity contribution is 9.10. The zero-order valence-corrected chi connectivity index (χ0v) is 21.2. The minimum Gasteiger partial charge on any atom is -0.496 e. The molecule has 3 heterocycles. The molecule has 3 aromatic rings. The number of methoxy groups -OCH3 is 1. The van der Waals surface area contributed by atoms with Gasteiger partial charge in [-0.1, -0.05) is 18.2 Å². The van der Waals surface area contributed by atoms with E-state index in [-0.39, 0.29) is 18.0 Å². The molecule has 9 heteroatoms. The maximum absolute atomic E-state index is 12.8. The lowest BCUT2D eigenvalue weighted by Gasteiger charge is -2.35. The van der Waals surface area contributed by atoms with Crippen molar-refractivity contribution in [3.8, 4) is 22.7 Å². The molecule has 1 saturated heterocycles. The van der Waals surface area contributed by atoms with E-state index in [1.165, 1.54) is 0 Å². The van der Waals surface area contributed by atoms with Crippen LogP contribution in [-0.2, 0) is 14.3 Å². The molecule has 1 fully saturated rings. The van der Waals surface area contributed by atoms with Crippen LogP contribution in [0.2, 0.25) is 0 Å². The van der Waals surface area contributed by atoms with E-state index >= 15 is 0 Å². The maximum Gasteiger partial charge on any atom is 0.317 e. The van der Waals surface area contributed by atoms with Crippen LogP contribution in [0.1, 0.15) is 19.4 Å². The summed E-state index contributed by atoms with van der Waals surface area (Å²) in [5.41, 5.74) is 3.19. The number of para-hydroxylation sites is 1. The van der Waals surface area contributed by atoms with Gasteiger partial charge in [-0.05, 0) is 66.2 Å². The van der Waals surface area contributed by atoms with Gasteiger partial charge in [0.25, 0.3) is 0 Å². The fourth-order valence-corrected chi connectivity index (χ4v) is 4.79. The quantitative estimate of drug-likeness (QED) is 0.450. The molecule has 180 valence electrons. The Morgan fingerprint density at radius 1 is 1.11 bits per heavy atom. The summed E-state index contributed by atoms with van der Waals surface area (Å²) in [5, 5.41) is 4.82. The third-order valence-corrected chi connectivity index (χ3v) is 6.39. The first-order chi connectivity index (χ1) is 16.9. The highest BCUT2D eigenvalue weighted by atomic mass is 79.9. The van der Waals surface area contributed by atoms with Crippen LogP contribution in [0.3, 0.4) is 0 Å². The number of rotatable bonds is 4. The van der Waals surface area contributed by atoms with Gasteiger partial charge in [-0.3, -0.25) is 4.79 Å². The molecule has 0 radical (unpaired) electrons. The van der Waals surface area contributed by atoms with E-state index in [0.717, 1.165) is 27.0 Å². The molecule has 0 saturated carbocycles. The molecule has 0 spiro atoms. The van der Waals surface area contributed by atoms with Gasteiger partial charge in [-0.15, -0.1) is 0 Å². The summed E-state index contributed by atoms with van der Waals surface area (Å²) < 4.78 is 19.7. The molecule has 1 aromatic heterocycles. The molecule has 2 atom stereocenters. The van der Waals surface area contributed by atoms with Crippen LogP contribution >= 0.6 is 15.9 Å². The number of carbonyl (C=O) groups is 1. The highest BCUT2D eigenvalue weighted by Crippen LogP contribution is 2.33. The fourth-order valence-electron chi connectivity index (χ4n) is 4.25. The molecule has 5 rings (SSSR count). The number of benzene rings is 2. The molecule has 2 aliphatic heterocycles. The van der Waals surface area contributed by atoms with Gasteiger partial charge in [0.15, 0.2) is 5.76 Å². The monoisotopic (exact) mass is 536 g/mol. The lowest BCUT2D eigenvalue weighted by molar-refractivity contribution is -0.115. The number of hydrogen-bond donors (Lipinski definition) is 0. The fraction of sp³-hybridized carbons (Fsp3) is 0.269. The number of hydrogen-bond acceptors (Lipinski definition) is 6. The van der Waals surface area contributed by atoms with Crippen molar-refractivity contribution >= 4 is 33.9 Å². The standard InChI is InChI=1S/C26H25BrN4O4/c1-16-13-30(14-17(2)34-16)26-28-25(32)23(35-26)12-19-15-31(20-7-5-4-6-8-20)29-24(19)18-9-10-22(33-3)21(27)11-18/h4-12,15-17H,13-14H2,1-3H3. The van der Waals surface area contributed by atoms with E-state index in [1.54, 1.807) is 17.9 Å². The number of morpholine rings is 1. The summed E-state index contributed by atoms with van der Waals surface area (Å²) in [7, 11) is 1.62. The van der Waals surface area contributed by atoms with Gasteiger partial charge in [-0.25, -0.2) is 4.68 Å². The molecule has 8 nitrogen and oxygen atoms in total. The van der Waals surface area contributed by atoms with Crippen LogP contribution in [0.4, 0.5) is 0 Å². The first kappa shape index (κ1) is 23.3. The molecule has 2 aliphatic rings. The summed E-state index contributed by atoms with van der Waals surface area (Å²) in [6.45, 7) is 5.21. The molecule has 2 unspecified atom stereocenters. The van der Waals surface area contributed by atoms with E-state index in [9.17, 15) is 4.79 Å². The Morgan fingerprint density at radius 2 is 1.86 bits per heavy atom. The van der Waals surface area contributed by atoms with Gasteiger partial charge in [0.1, 0.15) is 11.4 Å². The first-order valence-corrected chi connectivity index (χ1v) is 12.1. The summed E-state index contributed by atoms with van der Waals surface area (Å²) in [4.78, 5) is 18.9. The van der Waals surface area contributed by atoms with Crippen LogP contribution in [-0.4, -0.2) is 59.0 Å². The average molecular weight is 537 g/mol. The van der Waals surface area contributed by atoms with Crippen LogP contribution < -0.4 is 4.74 Å². The largest absolute Gasteiger partial charge is 0.496 e. The third-order valence-electron chi connectivity index (χ3n) is 5.77. The summed E-state index contributed by atoms with van der Waals surface area (Å²) >= 11 is 3.55. The Labute approximate surface area is 211 Å². The summed E-state index contributed by atoms with van der Waals surface area (Å²) in [5.74, 6) is 0.465. The maximum atomic E-state index is 12.8. The van der Waals surface area contributed by atoms with Crippen LogP contribution in [0.15, 0.2) is 70.0 Å². The number of aliphatic imine (C=N–C) groups is 1. The molecule has 35 heavy (non-hydrogen) atoms. The topological polar surface area (TPSA) is 78.2 Å². The first-order valence-electron chi connectivity index (χ1n) is 11.3. The molecule has 0 aliphatic carbocycles. The Balaban J connectivity index is 1.51. The number of amides is 1. The lowest BCUT2D eigenvalue weighted by Crippen LogP contribution is -2.48. The summed E-state index contributed by atoms with van der Waals surface area (Å²) in [6, 6.07) is 15.8. The van der Waals surface area contributed by atoms with Gasteiger partial charge in [0.2, 0.25) is 0 Å². The zero-order valence-electron chi connectivity index (χ0n) is 19.6. The molecular weight excluding hydrogens is 512 g/mol. The summed E-state index contributed by atoms with van der Waals surface area (Å²) in [6.07, 6.45) is 3.63. The predicted molar refractivity (Wildman–Crippen MR) is 136 cm³/mol. The third kappa shape index (κ3) is 4.87. The van der Waals surface area contributed by atoms with Crippen molar-refractivity contribution in [2.75, 3.05) is 20.2 Å². The Bertz CT molecular complexity index is 1310. The predicted octanol–water partition coefficient (Wildman–Crippen LogP) is 4.67. The van der Waals surface area contributed by atoms with Crippen LogP contribution in [0.25, 0.3) is 23.0 Å². The van der Waals surface area contributed by atoms with E-state index < -0.39 is 5.91 Å². The van der Waals surface area contributed by atoms with E-state index in [4.69, 9.17) is 19.3 Å². The Kier molecular flexibility index (Phi) is 6.44. The minimum atomic E-state index is -0.416. The van der Waals surface area contributed by atoms with Gasteiger partial charge in [-0.2, -0.15) is 10.1 Å². The van der Waals surface area contributed by atoms with Gasteiger partial charge in [0.05, 0.1) is 29.5 Å². The molecule has 0 N–H and O–H groups in total. The van der Waals surface area contributed by atoms with E-state index in [1.807, 2.05) is 73.5 Å². The Morgan fingerprint density at radius 3 is 2.54 bits per heavy atom. The van der Waals surface area contributed by atoms with Crippen molar-refractivity contribution in [1.82, 2.24) is 14.7 Å². The van der Waals surface area contributed by atoms with E-state index in [0.29, 0.717) is 24.8 Å². The Hall–Kier alpha value is -3.43. The molecule has 0 bridgehead atoms. The molecule has 1 amide bonds. The zero-order chi connectivity index (χ0) is 24.5. The normalized spacial score (nSPS) is 21.3. The minimum absolute atomic E-state index is 0.0254. The van der Waals surface area contributed by atoms with E-state index in [2.05, 4.69) is 20.9 Å². The molecule has 2 aromatic carbocycles. The van der Waals surface area contributed by atoms with Crippen molar-refractivity contribution < 1.29 is 19.0 Å². The van der Waals surface area contributed by atoms with Crippen molar-refractivity contribution in [2.45, 2.75) is 26.1 Å². The van der Waals surface area contributed by atoms with Gasteiger partial charge in [0, 0.05) is 30.4 Å². The van der Waals surface area contributed by atoms with Crippen molar-refractivity contribution in [1.29, 1.82) is 0 Å². The second kappa shape index (κ2) is 9.67. The van der Waals surface area contributed by atoms with Crippen LogP contribution in [0, 0.1) is 0 Å². The average Bonchev–Trinajstić information content (AvgIpc) is 3.43. The number of ether oxygens (including phenoxy) is 3. The van der Waals surface area contributed by atoms with Crippen molar-refractivity contribution in [3.63, 3.8) is 0 Å². The van der Waals surface area contributed by atoms with Crippen molar-refractivity contribution in [2.24, 2.45) is 4.99 Å².